The van der Waals surface area contributed by atoms with Crippen molar-refractivity contribution in [1.82, 2.24) is 15.2 Å². The van der Waals surface area contributed by atoms with E-state index in [1.54, 1.807) is 5.38 Å². The SMILES string of the molecule is O=C(OC(c1ccccc1)c1ccccc1)C1=C(CI)CS(=O)[C@@H]2C(NC(=O)/C(=N\OC3(C(=O)OC(c4ccccc4)c4ccccc4)CCCC3)c3csc(NC(c4ccccc4)(c4ccccc4)c4ccccc4)n3)C(=O)N12. The number of halogens is 1. The Morgan fingerprint density at radius 2 is 1.11 bits per heavy atom. The van der Waals surface area contributed by atoms with E-state index in [1.807, 2.05) is 212 Å². The maximum absolute atomic E-state index is 15.2. The largest absolute Gasteiger partial charge is 0.450 e. The summed E-state index contributed by atoms with van der Waals surface area (Å²) in [5.74, 6) is -3.00. The molecule has 8 aromatic rings. The third kappa shape index (κ3) is 10.9. The second kappa shape index (κ2) is 24.1. The van der Waals surface area contributed by atoms with E-state index in [4.69, 9.17) is 19.3 Å². The lowest BCUT2D eigenvalue weighted by Crippen LogP contribution is -2.74. The summed E-state index contributed by atoms with van der Waals surface area (Å²) in [5.41, 5.74) is 3.33. The molecule has 0 radical (unpaired) electrons. The maximum Gasteiger partial charge on any atom is 0.356 e. The fourth-order valence-electron chi connectivity index (χ4n) is 10.7. The van der Waals surface area contributed by atoms with Gasteiger partial charge in [-0.3, -0.25) is 18.7 Å². The Kier molecular flexibility index (Phi) is 16.3. The average Bonchev–Trinajstić information content (AvgIpc) is 4.33. The highest BCUT2D eigenvalue weighted by atomic mass is 127. The highest BCUT2D eigenvalue weighted by molar-refractivity contribution is 14.1. The van der Waals surface area contributed by atoms with Crippen LogP contribution >= 0.6 is 33.9 Å². The molecule has 1 saturated carbocycles. The Labute approximate surface area is 483 Å². The molecule has 3 atom stereocenters. The minimum Gasteiger partial charge on any atom is -0.450 e. The molecule has 402 valence electrons. The fourth-order valence-corrected chi connectivity index (χ4v) is 14.1. The standard InChI is InChI=1S/C64H54IN5O8S2/c65-40-47-42-80(75)59-53(58(72)70(59)54(47)60(73)76-55(43-24-8-1-9-25-43)44-26-10-2-11-27-44)67-57(71)52(69-78-63(38-22-23-39-63)61(74)77-56(45-28-12-3-13-29-45)46-30-14-4-15-31-46)51-41-79-62(66-51)68-64(48-32-16-5-17-33-48,49-34-18-6-19-35-49)50-36-20-7-21-37-50/h1-21,24-37,41,53,55-56,59H,22-23,38-40,42H2,(H,66,68)(H,67,71)/b69-52-/t53?,59-,80?/m1/s1. The molecule has 1 saturated heterocycles. The number of oxime groups is 1. The van der Waals surface area contributed by atoms with E-state index in [2.05, 4.69) is 38.4 Å². The van der Waals surface area contributed by atoms with Gasteiger partial charge in [0.1, 0.15) is 28.3 Å². The van der Waals surface area contributed by atoms with Crippen LogP contribution in [0.2, 0.25) is 0 Å². The molecule has 2 unspecified atom stereocenters. The number of esters is 2. The summed E-state index contributed by atoms with van der Waals surface area (Å²) in [6, 6.07) is 66.0. The van der Waals surface area contributed by atoms with Gasteiger partial charge in [0.15, 0.2) is 23.1 Å². The van der Waals surface area contributed by atoms with Gasteiger partial charge in [-0.1, -0.05) is 240 Å². The smallest absolute Gasteiger partial charge is 0.356 e. The first-order valence-electron chi connectivity index (χ1n) is 26.3. The lowest BCUT2D eigenvalue weighted by atomic mass is 9.77. The summed E-state index contributed by atoms with van der Waals surface area (Å²) in [6.07, 6.45) is 0.133. The van der Waals surface area contributed by atoms with Crippen molar-refractivity contribution in [2.24, 2.45) is 5.16 Å². The Morgan fingerprint density at radius 3 is 1.56 bits per heavy atom. The van der Waals surface area contributed by atoms with Gasteiger partial charge in [-0.05, 0) is 57.4 Å². The predicted molar refractivity (Wildman–Crippen MR) is 317 cm³/mol. The van der Waals surface area contributed by atoms with Crippen LogP contribution in [0.4, 0.5) is 5.13 Å². The van der Waals surface area contributed by atoms with Crippen LogP contribution in [-0.4, -0.2) is 70.8 Å². The van der Waals surface area contributed by atoms with Crippen LogP contribution in [0.15, 0.2) is 234 Å². The van der Waals surface area contributed by atoms with E-state index >= 15 is 4.79 Å². The highest BCUT2D eigenvalue weighted by Gasteiger charge is 2.58. The third-order valence-electron chi connectivity index (χ3n) is 14.7. The monoisotopic (exact) mass is 1210 g/mol. The molecule has 7 aromatic carbocycles. The summed E-state index contributed by atoms with van der Waals surface area (Å²) in [7, 11) is -1.76. The molecule has 1 aromatic heterocycles. The number of aromatic nitrogens is 1. The molecule has 11 rings (SSSR count). The number of nitrogens with one attached hydrogen (secondary N) is 2. The first-order valence-corrected chi connectivity index (χ1v) is 30.0. The number of fused-ring (bicyclic) bond motifs is 1. The molecule has 3 heterocycles. The number of amides is 2. The van der Waals surface area contributed by atoms with Crippen LogP contribution in [0.5, 0.6) is 0 Å². The molecule has 0 spiro atoms. The summed E-state index contributed by atoms with van der Waals surface area (Å²) < 4.78 is 27.3. The predicted octanol–water partition coefficient (Wildman–Crippen LogP) is 11.4. The second-order valence-corrected chi connectivity index (χ2v) is 22.8. The number of nitrogens with zero attached hydrogens (tertiary/aromatic N) is 3. The van der Waals surface area contributed by atoms with Crippen LogP contribution in [0.25, 0.3) is 0 Å². The molecule has 3 aliphatic rings. The topological polar surface area (TPSA) is 166 Å². The zero-order valence-electron chi connectivity index (χ0n) is 43.1. The molecule has 13 nitrogen and oxygen atoms in total. The Bertz CT molecular complexity index is 3400. The second-order valence-electron chi connectivity index (χ2n) is 19.6. The van der Waals surface area contributed by atoms with Gasteiger partial charge in [0.2, 0.25) is 5.60 Å². The summed E-state index contributed by atoms with van der Waals surface area (Å²) in [4.78, 5) is 71.8. The van der Waals surface area contributed by atoms with Gasteiger partial charge in [0.25, 0.3) is 11.8 Å². The van der Waals surface area contributed by atoms with Crippen molar-refractivity contribution in [1.29, 1.82) is 0 Å². The number of hydrogen-bond donors (Lipinski definition) is 2. The van der Waals surface area contributed by atoms with Crippen molar-refractivity contribution in [2.45, 2.75) is 60.4 Å². The average molecular weight is 1210 g/mol. The van der Waals surface area contributed by atoms with Gasteiger partial charge >= 0.3 is 11.9 Å². The lowest BCUT2D eigenvalue weighted by molar-refractivity contribution is -0.176. The van der Waals surface area contributed by atoms with Crippen molar-refractivity contribution >= 4 is 79.3 Å². The van der Waals surface area contributed by atoms with Crippen LogP contribution in [-0.2, 0) is 49.8 Å². The number of rotatable bonds is 19. The number of anilines is 1. The zero-order chi connectivity index (χ0) is 55.1. The number of hydrogen-bond acceptors (Lipinski definition) is 12. The lowest BCUT2D eigenvalue weighted by Gasteiger charge is -2.49. The Balaban J connectivity index is 0.940. The van der Waals surface area contributed by atoms with Gasteiger partial charge in [0, 0.05) is 22.6 Å². The van der Waals surface area contributed by atoms with Crippen LogP contribution < -0.4 is 10.6 Å². The first kappa shape index (κ1) is 53.9. The molecular weight excluding hydrogens is 1160 g/mol. The van der Waals surface area contributed by atoms with Gasteiger partial charge in [-0.2, -0.15) is 0 Å². The van der Waals surface area contributed by atoms with Crippen LogP contribution in [0.1, 0.15) is 82.5 Å². The van der Waals surface area contributed by atoms with E-state index in [0.717, 1.165) is 38.9 Å². The van der Waals surface area contributed by atoms with Gasteiger partial charge in [0.05, 0.1) is 16.6 Å². The van der Waals surface area contributed by atoms with Crippen LogP contribution in [0, 0.1) is 0 Å². The Morgan fingerprint density at radius 1 is 0.675 bits per heavy atom. The normalized spacial score (nSPS) is 17.8. The minimum atomic E-state index is -1.76. The number of carbonyl (C=O) groups is 4. The quantitative estimate of drug-likeness (QED) is 0.0151. The number of benzene rings is 7. The number of thiazole rings is 1. The maximum atomic E-state index is 15.2. The van der Waals surface area contributed by atoms with Crippen molar-refractivity contribution in [2.75, 3.05) is 15.5 Å². The fraction of sp³-hybridized carbons (Fsp3) is 0.188. The number of carbonyl (C=O) groups excluding carboxylic acids is 4. The van der Waals surface area contributed by atoms with Crippen LogP contribution in [0.3, 0.4) is 0 Å². The Hall–Kier alpha value is -8.06. The van der Waals surface area contributed by atoms with E-state index < -0.39 is 69.3 Å². The van der Waals surface area contributed by atoms with Gasteiger partial charge in [-0.15, -0.1) is 11.3 Å². The van der Waals surface area contributed by atoms with Gasteiger partial charge in [-0.25, -0.2) is 14.6 Å². The summed E-state index contributed by atoms with van der Waals surface area (Å²) >= 11 is 3.32. The molecule has 2 N–H and O–H groups in total. The molecule has 2 fully saturated rings. The number of β-lactam (4-membered cyclic amide) rings is 1. The molecule has 1 aliphatic carbocycles. The van der Waals surface area contributed by atoms with Crippen molar-refractivity contribution < 1.29 is 37.7 Å². The zero-order valence-corrected chi connectivity index (χ0v) is 46.9. The number of alkyl halides is 1. The first-order chi connectivity index (χ1) is 39.2. The molecule has 0 bridgehead atoms. The summed E-state index contributed by atoms with van der Waals surface area (Å²) in [6.45, 7) is 0. The summed E-state index contributed by atoms with van der Waals surface area (Å²) in [5, 5.41) is 12.1. The highest BCUT2D eigenvalue weighted by Crippen LogP contribution is 2.43. The molecule has 80 heavy (non-hydrogen) atoms. The third-order valence-corrected chi connectivity index (χ3v) is 18.0. The van der Waals surface area contributed by atoms with Gasteiger partial charge < -0.3 is 24.9 Å². The minimum absolute atomic E-state index is 0.00599. The van der Waals surface area contributed by atoms with Crippen molar-refractivity contribution in [3.8, 4) is 0 Å². The van der Waals surface area contributed by atoms with Crippen molar-refractivity contribution in [3.05, 3.63) is 274 Å². The molecule has 2 amide bonds. The molecule has 16 heteroatoms. The van der Waals surface area contributed by atoms with Crippen molar-refractivity contribution in [3.63, 3.8) is 0 Å². The van der Waals surface area contributed by atoms with E-state index in [1.165, 1.54) is 16.2 Å². The van der Waals surface area contributed by atoms with E-state index in [-0.39, 0.29) is 35.7 Å². The van der Waals surface area contributed by atoms with E-state index in [0.29, 0.717) is 28.0 Å². The molecule has 2 aliphatic heterocycles. The van der Waals surface area contributed by atoms with E-state index in [9.17, 15) is 18.6 Å². The molecular formula is C64H54IN5O8S2. The number of ether oxygens (including phenoxy) is 2.